The highest BCUT2D eigenvalue weighted by Crippen LogP contribution is 2.40. The molecule has 1 N–H and O–H groups in total. The summed E-state index contributed by atoms with van der Waals surface area (Å²) in [6.07, 6.45) is 2.39. The lowest BCUT2D eigenvalue weighted by Gasteiger charge is -2.29. The standard InChI is InChI=1S/C14H23NO4/c1-14(2,3)19-13(18)15-7-9-5-4-6-10(12(16)17)11(9)8-15/h9-11H,4-8H2,1-3H3,(H,16,17)/t9-,10+,11+/m1/s1. The Balaban J connectivity index is 2.01. The Morgan fingerprint density at radius 3 is 2.47 bits per heavy atom. The summed E-state index contributed by atoms with van der Waals surface area (Å²) in [5.41, 5.74) is -0.503. The Hall–Kier alpha value is -1.26. The van der Waals surface area contributed by atoms with Crippen LogP contribution in [-0.2, 0) is 9.53 Å². The summed E-state index contributed by atoms with van der Waals surface area (Å²) in [5.74, 6) is -0.604. The van der Waals surface area contributed by atoms with E-state index in [1.165, 1.54) is 0 Å². The second-order valence-corrected chi connectivity index (χ2v) is 6.68. The summed E-state index contributed by atoms with van der Waals surface area (Å²) in [6.45, 7) is 6.69. The van der Waals surface area contributed by atoms with Gasteiger partial charge in [-0.3, -0.25) is 4.79 Å². The first kappa shape index (κ1) is 14.2. The highest BCUT2D eigenvalue weighted by Gasteiger charge is 2.45. The number of carbonyl (C=O) groups is 2. The van der Waals surface area contributed by atoms with Gasteiger partial charge in [0, 0.05) is 13.1 Å². The van der Waals surface area contributed by atoms with Crippen molar-refractivity contribution in [3.05, 3.63) is 0 Å². The van der Waals surface area contributed by atoms with E-state index in [0.29, 0.717) is 19.0 Å². The molecule has 1 amide bonds. The zero-order valence-electron chi connectivity index (χ0n) is 11.9. The maximum absolute atomic E-state index is 12.0. The number of rotatable bonds is 1. The van der Waals surface area contributed by atoms with Gasteiger partial charge in [-0.15, -0.1) is 0 Å². The van der Waals surface area contributed by atoms with Gasteiger partial charge in [-0.1, -0.05) is 6.42 Å². The van der Waals surface area contributed by atoms with Crippen molar-refractivity contribution in [1.82, 2.24) is 4.90 Å². The molecule has 0 aromatic rings. The summed E-state index contributed by atoms with van der Waals surface area (Å²) in [6, 6.07) is 0. The Labute approximate surface area is 113 Å². The van der Waals surface area contributed by atoms with Crippen LogP contribution in [0.2, 0.25) is 0 Å². The van der Waals surface area contributed by atoms with E-state index in [1.807, 2.05) is 20.8 Å². The van der Waals surface area contributed by atoms with Crippen LogP contribution in [0, 0.1) is 17.8 Å². The molecule has 0 unspecified atom stereocenters. The van der Waals surface area contributed by atoms with E-state index in [9.17, 15) is 14.7 Å². The molecule has 0 radical (unpaired) electrons. The smallest absolute Gasteiger partial charge is 0.410 e. The molecule has 108 valence electrons. The van der Waals surface area contributed by atoms with Crippen molar-refractivity contribution in [2.75, 3.05) is 13.1 Å². The SMILES string of the molecule is CC(C)(C)OC(=O)N1C[C@H]2CCC[C@H](C(=O)O)[C@H]2C1. The molecule has 2 fully saturated rings. The number of carboxylic acids is 1. The average molecular weight is 269 g/mol. The number of nitrogens with zero attached hydrogens (tertiary/aromatic N) is 1. The maximum atomic E-state index is 12.0. The van der Waals surface area contributed by atoms with Crippen LogP contribution in [0.4, 0.5) is 4.79 Å². The van der Waals surface area contributed by atoms with Gasteiger partial charge in [0.25, 0.3) is 0 Å². The van der Waals surface area contributed by atoms with Crippen molar-refractivity contribution in [1.29, 1.82) is 0 Å². The Bertz CT molecular complexity index is 374. The molecule has 0 bridgehead atoms. The lowest BCUT2D eigenvalue weighted by molar-refractivity contribution is -0.145. The van der Waals surface area contributed by atoms with E-state index < -0.39 is 11.6 Å². The van der Waals surface area contributed by atoms with Crippen LogP contribution in [0.3, 0.4) is 0 Å². The first-order valence-electron chi connectivity index (χ1n) is 6.98. The van der Waals surface area contributed by atoms with Crippen LogP contribution in [-0.4, -0.2) is 40.8 Å². The maximum Gasteiger partial charge on any atom is 0.410 e. The molecule has 19 heavy (non-hydrogen) atoms. The summed E-state index contributed by atoms with van der Waals surface area (Å²) in [7, 11) is 0. The number of carboxylic acid groups (broad SMARTS) is 1. The predicted molar refractivity (Wildman–Crippen MR) is 69.8 cm³/mol. The van der Waals surface area contributed by atoms with Gasteiger partial charge in [-0.05, 0) is 45.4 Å². The molecule has 0 aromatic heterocycles. The molecular weight excluding hydrogens is 246 g/mol. The first-order valence-corrected chi connectivity index (χ1v) is 6.98. The number of fused-ring (bicyclic) bond motifs is 1. The Kier molecular flexibility index (Phi) is 3.74. The lowest BCUT2D eigenvalue weighted by Crippen LogP contribution is -2.36. The van der Waals surface area contributed by atoms with Gasteiger partial charge in [0.15, 0.2) is 0 Å². The second-order valence-electron chi connectivity index (χ2n) is 6.68. The monoisotopic (exact) mass is 269 g/mol. The van der Waals surface area contributed by atoms with Gasteiger partial charge in [0.05, 0.1) is 5.92 Å². The molecule has 1 saturated heterocycles. The average Bonchev–Trinajstić information content (AvgIpc) is 2.69. The van der Waals surface area contributed by atoms with Gasteiger partial charge in [0.1, 0.15) is 5.60 Å². The van der Waals surface area contributed by atoms with Crippen molar-refractivity contribution < 1.29 is 19.4 Å². The molecule has 1 saturated carbocycles. The van der Waals surface area contributed by atoms with Gasteiger partial charge in [-0.25, -0.2) is 4.79 Å². The summed E-state index contributed by atoms with van der Waals surface area (Å²) in [4.78, 5) is 25.0. The number of carbonyl (C=O) groups excluding carboxylic acids is 1. The van der Waals surface area contributed by atoms with Crippen LogP contribution in [0.25, 0.3) is 0 Å². The zero-order valence-corrected chi connectivity index (χ0v) is 11.9. The summed E-state index contributed by atoms with van der Waals surface area (Å²) in [5, 5.41) is 9.26. The molecule has 1 heterocycles. The summed E-state index contributed by atoms with van der Waals surface area (Å²) >= 11 is 0. The van der Waals surface area contributed by atoms with Gasteiger partial charge in [-0.2, -0.15) is 0 Å². The van der Waals surface area contributed by atoms with Crippen molar-refractivity contribution >= 4 is 12.1 Å². The van der Waals surface area contributed by atoms with Crippen LogP contribution in [0.15, 0.2) is 0 Å². The van der Waals surface area contributed by atoms with Crippen LogP contribution in [0.5, 0.6) is 0 Å². The predicted octanol–water partition coefficient (Wildman–Crippen LogP) is 2.35. The van der Waals surface area contributed by atoms with E-state index in [-0.39, 0.29) is 17.9 Å². The third-order valence-electron chi connectivity index (χ3n) is 4.07. The van der Waals surface area contributed by atoms with E-state index in [4.69, 9.17) is 4.74 Å². The van der Waals surface area contributed by atoms with Gasteiger partial charge >= 0.3 is 12.1 Å². The third-order valence-corrected chi connectivity index (χ3v) is 4.07. The lowest BCUT2D eigenvalue weighted by atomic mass is 9.74. The number of hydrogen-bond donors (Lipinski definition) is 1. The van der Waals surface area contributed by atoms with Crippen molar-refractivity contribution in [3.63, 3.8) is 0 Å². The molecule has 0 spiro atoms. The van der Waals surface area contributed by atoms with Crippen LogP contribution >= 0.6 is 0 Å². The van der Waals surface area contributed by atoms with E-state index in [2.05, 4.69) is 0 Å². The quantitative estimate of drug-likeness (QED) is 0.793. The number of amides is 1. The molecule has 5 heteroatoms. The largest absolute Gasteiger partial charge is 0.481 e. The highest BCUT2D eigenvalue weighted by molar-refractivity contribution is 5.72. The molecule has 1 aliphatic carbocycles. The fraction of sp³-hybridized carbons (Fsp3) is 0.857. The zero-order chi connectivity index (χ0) is 14.2. The molecule has 1 aliphatic heterocycles. The summed E-state index contributed by atoms with van der Waals surface area (Å²) < 4.78 is 5.36. The normalized spacial score (nSPS) is 30.9. The fourth-order valence-electron chi connectivity index (χ4n) is 3.25. The highest BCUT2D eigenvalue weighted by atomic mass is 16.6. The third kappa shape index (κ3) is 3.19. The van der Waals surface area contributed by atoms with Crippen molar-refractivity contribution in [3.8, 4) is 0 Å². The molecule has 5 nitrogen and oxygen atoms in total. The topological polar surface area (TPSA) is 66.8 Å². The Morgan fingerprint density at radius 1 is 1.21 bits per heavy atom. The number of likely N-dealkylation sites (tertiary alicyclic amines) is 1. The number of ether oxygens (including phenoxy) is 1. The molecule has 2 rings (SSSR count). The number of aliphatic carboxylic acids is 1. The molecular formula is C14H23NO4. The van der Waals surface area contributed by atoms with Crippen LogP contribution < -0.4 is 0 Å². The Morgan fingerprint density at radius 2 is 1.89 bits per heavy atom. The van der Waals surface area contributed by atoms with Crippen molar-refractivity contribution in [2.45, 2.75) is 45.6 Å². The minimum absolute atomic E-state index is 0.0961. The van der Waals surface area contributed by atoms with Gasteiger partial charge in [0.2, 0.25) is 0 Å². The van der Waals surface area contributed by atoms with E-state index >= 15 is 0 Å². The van der Waals surface area contributed by atoms with Crippen LogP contribution in [0.1, 0.15) is 40.0 Å². The van der Waals surface area contributed by atoms with E-state index in [1.54, 1.807) is 4.90 Å². The fourth-order valence-corrected chi connectivity index (χ4v) is 3.25. The minimum Gasteiger partial charge on any atom is -0.481 e. The minimum atomic E-state index is -0.722. The number of hydrogen-bond acceptors (Lipinski definition) is 3. The molecule has 3 atom stereocenters. The molecule has 2 aliphatic rings. The molecule has 0 aromatic carbocycles. The van der Waals surface area contributed by atoms with Gasteiger partial charge < -0.3 is 14.7 Å². The van der Waals surface area contributed by atoms with Crippen molar-refractivity contribution in [2.24, 2.45) is 17.8 Å². The second kappa shape index (κ2) is 5.02. The van der Waals surface area contributed by atoms with E-state index in [0.717, 1.165) is 19.3 Å². The first-order chi connectivity index (χ1) is 8.78.